The molecule has 4 aromatic rings. The highest BCUT2D eigenvalue weighted by Gasteiger charge is 2.20. The summed E-state index contributed by atoms with van der Waals surface area (Å²) in [5, 5.41) is 10.4. The minimum absolute atomic E-state index is 0.0309. The monoisotopic (exact) mass is 602 g/mol. The zero-order chi connectivity index (χ0) is 29.9. The van der Waals surface area contributed by atoms with Crippen molar-refractivity contribution in [3.63, 3.8) is 0 Å². The van der Waals surface area contributed by atoms with Crippen LogP contribution in [0.15, 0.2) is 95.0 Å². The summed E-state index contributed by atoms with van der Waals surface area (Å²) in [7, 11) is 3.06. The fraction of sp³-hybridized carbons (Fsp3) is 0.161. The van der Waals surface area contributed by atoms with E-state index in [1.165, 1.54) is 37.3 Å². The lowest BCUT2D eigenvalue weighted by molar-refractivity contribution is -0.116. The number of anilines is 2. The molecule has 0 radical (unpaired) electrons. The minimum Gasteiger partial charge on any atom is -0.493 e. The van der Waals surface area contributed by atoms with Gasteiger partial charge < -0.3 is 25.4 Å². The molecule has 0 fully saturated rings. The van der Waals surface area contributed by atoms with E-state index in [1.807, 2.05) is 13.0 Å². The van der Waals surface area contributed by atoms with Gasteiger partial charge in [0.25, 0.3) is 11.8 Å². The maximum Gasteiger partial charge on any atom is 0.272 e. The normalized spacial score (nSPS) is 11.7. The number of aromatic nitrogens is 1. The van der Waals surface area contributed by atoms with Gasteiger partial charge in [-0.25, -0.2) is 4.98 Å². The zero-order valence-electron chi connectivity index (χ0n) is 23.2. The van der Waals surface area contributed by atoms with Crippen LogP contribution in [0.2, 0.25) is 0 Å². The van der Waals surface area contributed by atoms with Gasteiger partial charge in [0.15, 0.2) is 16.6 Å². The Balaban J connectivity index is 1.55. The summed E-state index contributed by atoms with van der Waals surface area (Å²) in [5.41, 5.74) is 1.56. The van der Waals surface area contributed by atoms with Crippen LogP contribution in [-0.2, 0) is 9.59 Å². The second-order valence-corrected chi connectivity index (χ2v) is 11.0. The predicted octanol–water partition coefficient (Wildman–Crippen LogP) is 6.08. The molecule has 0 aliphatic rings. The molecule has 1 unspecified atom stereocenters. The van der Waals surface area contributed by atoms with Crippen LogP contribution >= 0.6 is 23.1 Å². The summed E-state index contributed by atoms with van der Waals surface area (Å²) in [6.07, 6.45) is 3.80. The molecule has 0 aliphatic heterocycles. The Hall–Kier alpha value is -4.61. The number of amides is 3. The van der Waals surface area contributed by atoms with Crippen LogP contribution in [-0.4, -0.2) is 42.2 Å². The quantitative estimate of drug-likeness (QED) is 0.133. The van der Waals surface area contributed by atoms with Crippen molar-refractivity contribution >= 4 is 57.7 Å². The number of carbonyl (C=O) groups excluding carboxylic acids is 3. The van der Waals surface area contributed by atoms with Crippen LogP contribution < -0.4 is 25.4 Å². The average molecular weight is 603 g/mol. The maximum atomic E-state index is 13.5. The number of nitrogens with one attached hydrogen (secondary N) is 3. The Kier molecular flexibility index (Phi) is 10.7. The fourth-order valence-electron chi connectivity index (χ4n) is 3.85. The van der Waals surface area contributed by atoms with Gasteiger partial charge in [-0.3, -0.25) is 14.4 Å². The van der Waals surface area contributed by atoms with Gasteiger partial charge in [0, 0.05) is 27.7 Å². The molecule has 1 atom stereocenters. The Morgan fingerprint density at radius 3 is 2.43 bits per heavy atom. The third-order valence-corrected chi connectivity index (χ3v) is 7.99. The van der Waals surface area contributed by atoms with Gasteiger partial charge in [0.1, 0.15) is 5.70 Å². The van der Waals surface area contributed by atoms with E-state index in [0.29, 0.717) is 39.9 Å². The summed E-state index contributed by atoms with van der Waals surface area (Å²) >= 11 is 2.75. The van der Waals surface area contributed by atoms with Gasteiger partial charge >= 0.3 is 0 Å². The highest BCUT2D eigenvalue weighted by molar-refractivity contribution is 8.00. The lowest BCUT2D eigenvalue weighted by Gasteiger charge is -2.15. The van der Waals surface area contributed by atoms with Crippen molar-refractivity contribution in [2.45, 2.75) is 23.5 Å². The second kappa shape index (κ2) is 14.9. The molecule has 216 valence electrons. The first-order chi connectivity index (χ1) is 20.4. The number of hydrogen-bond donors (Lipinski definition) is 3. The first-order valence-corrected chi connectivity index (χ1v) is 14.7. The van der Waals surface area contributed by atoms with Crippen LogP contribution in [0.4, 0.5) is 10.8 Å². The molecule has 0 bridgehead atoms. The molecule has 1 heterocycles. The zero-order valence-corrected chi connectivity index (χ0v) is 24.9. The van der Waals surface area contributed by atoms with Crippen LogP contribution in [0.25, 0.3) is 6.08 Å². The molecule has 0 saturated heterocycles. The average Bonchev–Trinajstić information content (AvgIpc) is 3.53. The van der Waals surface area contributed by atoms with Crippen molar-refractivity contribution in [3.05, 3.63) is 101 Å². The third-order valence-electron chi connectivity index (χ3n) is 5.94. The number of nitrogens with zero attached hydrogens (tertiary/aromatic N) is 1. The van der Waals surface area contributed by atoms with Crippen molar-refractivity contribution in [2.24, 2.45) is 0 Å². The van der Waals surface area contributed by atoms with E-state index >= 15 is 0 Å². The lowest BCUT2D eigenvalue weighted by atomic mass is 10.1. The van der Waals surface area contributed by atoms with E-state index in [9.17, 15) is 14.4 Å². The molecule has 0 spiro atoms. The maximum absolute atomic E-state index is 13.5. The molecule has 1 aromatic heterocycles. The van der Waals surface area contributed by atoms with Crippen molar-refractivity contribution < 1.29 is 23.9 Å². The molecule has 3 aromatic carbocycles. The first kappa shape index (κ1) is 30.4. The topological polar surface area (TPSA) is 119 Å². The molecule has 4 rings (SSSR count). The van der Waals surface area contributed by atoms with E-state index in [-0.39, 0.29) is 16.9 Å². The Bertz CT molecular complexity index is 1560. The second-order valence-electron chi connectivity index (χ2n) is 8.82. The molecular formula is C31H30N4O5S2. The molecule has 0 aliphatic carbocycles. The number of hydrogen-bond acceptors (Lipinski definition) is 8. The van der Waals surface area contributed by atoms with E-state index in [4.69, 9.17) is 9.47 Å². The van der Waals surface area contributed by atoms with E-state index in [1.54, 1.807) is 84.4 Å². The lowest BCUT2D eigenvalue weighted by Crippen LogP contribution is -2.30. The number of benzene rings is 3. The molecule has 0 saturated carbocycles. The minimum atomic E-state index is -0.523. The fourth-order valence-corrected chi connectivity index (χ4v) is 5.40. The van der Waals surface area contributed by atoms with Crippen molar-refractivity contribution in [1.29, 1.82) is 0 Å². The number of ether oxygens (including phenoxy) is 2. The number of thioether (sulfide) groups is 1. The molecule has 3 amide bonds. The first-order valence-electron chi connectivity index (χ1n) is 13.0. The summed E-state index contributed by atoms with van der Waals surface area (Å²) in [4.78, 5) is 44.2. The van der Waals surface area contributed by atoms with Gasteiger partial charge in [0.05, 0.1) is 19.5 Å². The smallest absolute Gasteiger partial charge is 0.272 e. The van der Waals surface area contributed by atoms with Crippen molar-refractivity contribution in [2.75, 3.05) is 24.9 Å². The van der Waals surface area contributed by atoms with Gasteiger partial charge in [-0.2, -0.15) is 0 Å². The predicted molar refractivity (Wildman–Crippen MR) is 167 cm³/mol. The van der Waals surface area contributed by atoms with Crippen LogP contribution in [0.3, 0.4) is 0 Å². The van der Waals surface area contributed by atoms with Crippen LogP contribution in [0.5, 0.6) is 11.5 Å². The summed E-state index contributed by atoms with van der Waals surface area (Å²) in [6, 6.07) is 21.0. The van der Waals surface area contributed by atoms with E-state index < -0.39 is 11.8 Å². The van der Waals surface area contributed by atoms with Gasteiger partial charge in [-0.05, 0) is 60.5 Å². The summed E-state index contributed by atoms with van der Waals surface area (Å²) in [6.45, 7) is 1.94. The molecular weight excluding hydrogens is 572 g/mol. The number of rotatable bonds is 12. The summed E-state index contributed by atoms with van der Waals surface area (Å²) < 4.78 is 10.7. The number of methoxy groups -OCH3 is 2. The van der Waals surface area contributed by atoms with Gasteiger partial charge in [-0.1, -0.05) is 37.3 Å². The number of carbonyl (C=O) groups is 3. The Morgan fingerprint density at radius 1 is 0.952 bits per heavy atom. The number of thiazole rings is 1. The molecule has 42 heavy (non-hydrogen) atoms. The highest BCUT2D eigenvalue weighted by Crippen LogP contribution is 2.30. The molecule has 11 heteroatoms. The van der Waals surface area contributed by atoms with Crippen LogP contribution in [0, 0.1) is 0 Å². The third kappa shape index (κ3) is 8.21. The van der Waals surface area contributed by atoms with Crippen LogP contribution in [0.1, 0.15) is 29.3 Å². The van der Waals surface area contributed by atoms with Gasteiger partial charge in [0.2, 0.25) is 5.91 Å². The van der Waals surface area contributed by atoms with Gasteiger partial charge in [-0.15, -0.1) is 23.1 Å². The Morgan fingerprint density at radius 2 is 1.74 bits per heavy atom. The molecule has 9 nitrogen and oxygen atoms in total. The van der Waals surface area contributed by atoms with E-state index in [0.717, 1.165) is 4.90 Å². The SMILES string of the molecule is CCC(Sc1cccc(NC(=O)/C(=C\c2ccc(OC)c(OC)c2)NC(=O)c2ccccc2)c1)C(=O)Nc1nccs1. The highest BCUT2D eigenvalue weighted by atomic mass is 32.2. The standard InChI is InChI=1S/C31H30N4O5S2/c1-4-27(30(38)35-31-32-15-16-41-31)42-23-12-8-11-22(19-23)33-29(37)24(34-28(36)21-9-6-5-7-10-21)17-20-13-14-25(39-2)26(18-20)40-3/h5-19,27H,4H2,1-3H3,(H,33,37)(H,34,36)(H,32,35,38)/b24-17+. The van der Waals surface area contributed by atoms with Crippen molar-refractivity contribution in [3.8, 4) is 11.5 Å². The molecule has 3 N–H and O–H groups in total. The van der Waals surface area contributed by atoms with Crippen molar-refractivity contribution in [1.82, 2.24) is 10.3 Å². The Labute approximate surface area is 252 Å². The van der Waals surface area contributed by atoms with E-state index in [2.05, 4.69) is 20.9 Å². The largest absolute Gasteiger partial charge is 0.493 e. The summed E-state index contributed by atoms with van der Waals surface area (Å²) in [5.74, 6) is -0.0808.